The average Bonchev–Trinajstić information content (AvgIpc) is 3.43. The summed E-state index contributed by atoms with van der Waals surface area (Å²) < 4.78 is 56.9. The number of alkyl halides is 3. The molecule has 0 radical (unpaired) electrons. The molecule has 0 saturated carbocycles. The SMILES string of the molecule is CC(C)Cn1c(=O)n(C)c(=O)c2c(S(=O)c3nncs3)c(Cc3ccccc3C(F)(F)F)sc21. The van der Waals surface area contributed by atoms with E-state index in [2.05, 4.69) is 10.2 Å². The minimum Gasteiger partial charge on any atom is -0.284 e. The van der Waals surface area contributed by atoms with Crippen LogP contribution in [0.4, 0.5) is 13.2 Å². The van der Waals surface area contributed by atoms with Crippen LogP contribution < -0.4 is 11.2 Å². The molecule has 34 heavy (non-hydrogen) atoms. The van der Waals surface area contributed by atoms with E-state index < -0.39 is 33.8 Å². The third kappa shape index (κ3) is 4.39. The number of rotatable bonds is 6. The van der Waals surface area contributed by atoms with Crippen molar-refractivity contribution < 1.29 is 17.4 Å². The second-order valence-electron chi connectivity index (χ2n) is 7.99. The molecule has 4 rings (SSSR count). The van der Waals surface area contributed by atoms with Gasteiger partial charge in [0.25, 0.3) is 5.56 Å². The summed E-state index contributed by atoms with van der Waals surface area (Å²) in [6.07, 6.45) is -4.80. The number of hydrogen-bond donors (Lipinski definition) is 0. The zero-order chi connectivity index (χ0) is 24.8. The molecule has 0 aliphatic heterocycles. The predicted octanol–water partition coefficient (Wildman–Crippen LogP) is 4.05. The van der Waals surface area contributed by atoms with Gasteiger partial charge in [0.15, 0.2) is 0 Å². The summed E-state index contributed by atoms with van der Waals surface area (Å²) in [6.45, 7) is 4.09. The van der Waals surface area contributed by atoms with Crippen LogP contribution in [0.5, 0.6) is 0 Å². The van der Waals surface area contributed by atoms with Crippen molar-refractivity contribution in [3.8, 4) is 0 Å². The van der Waals surface area contributed by atoms with E-state index >= 15 is 0 Å². The van der Waals surface area contributed by atoms with Crippen LogP contribution in [-0.2, 0) is 37.0 Å². The van der Waals surface area contributed by atoms with Crippen molar-refractivity contribution >= 4 is 43.7 Å². The first-order valence-corrected chi connectivity index (χ1v) is 12.9. The Labute approximate surface area is 202 Å². The van der Waals surface area contributed by atoms with Crippen LogP contribution in [0, 0.1) is 5.92 Å². The Balaban J connectivity index is 2.05. The maximum Gasteiger partial charge on any atom is 0.416 e. The Bertz CT molecular complexity index is 1500. The van der Waals surface area contributed by atoms with Crippen molar-refractivity contribution in [3.63, 3.8) is 0 Å². The fourth-order valence-electron chi connectivity index (χ4n) is 3.65. The highest BCUT2D eigenvalue weighted by molar-refractivity contribution is 7.87. The average molecular weight is 529 g/mol. The van der Waals surface area contributed by atoms with E-state index in [0.29, 0.717) is 4.88 Å². The second kappa shape index (κ2) is 9.19. The largest absolute Gasteiger partial charge is 0.416 e. The van der Waals surface area contributed by atoms with Crippen LogP contribution >= 0.6 is 22.7 Å². The van der Waals surface area contributed by atoms with Gasteiger partial charge in [0.1, 0.15) is 21.1 Å². The van der Waals surface area contributed by atoms with Gasteiger partial charge in [-0.1, -0.05) is 43.4 Å². The highest BCUT2D eigenvalue weighted by Gasteiger charge is 2.34. The molecule has 3 heterocycles. The summed E-state index contributed by atoms with van der Waals surface area (Å²) in [7, 11) is -0.645. The zero-order valence-corrected chi connectivity index (χ0v) is 20.7. The predicted molar refractivity (Wildman–Crippen MR) is 125 cm³/mol. The van der Waals surface area contributed by atoms with Crippen molar-refractivity contribution in [3.05, 3.63) is 66.6 Å². The lowest BCUT2D eigenvalue weighted by Crippen LogP contribution is -2.38. The van der Waals surface area contributed by atoms with Gasteiger partial charge in [-0.3, -0.25) is 13.9 Å². The van der Waals surface area contributed by atoms with E-state index in [1.165, 1.54) is 35.3 Å². The fourth-order valence-corrected chi connectivity index (χ4v) is 7.22. The highest BCUT2D eigenvalue weighted by atomic mass is 32.2. The number of thiophene rings is 1. The van der Waals surface area contributed by atoms with Crippen molar-refractivity contribution in [2.45, 2.75) is 42.2 Å². The molecule has 4 aromatic rings. The van der Waals surface area contributed by atoms with Crippen LogP contribution in [0.15, 0.2) is 48.6 Å². The molecule has 180 valence electrons. The Morgan fingerprint density at radius 1 is 1.18 bits per heavy atom. The van der Waals surface area contributed by atoms with Crippen LogP contribution in [0.1, 0.15) is 29.9 Å². The van der Waals surface area contributed by atoms with Crippen LogP contribution in [0.2, 0.25) is 0 Å². The molecule has 1 unspecified atom stereocenters. The van der Waals surface area contributed by atoms with Crippen molar-refractivity contribution in [1.82, 2.24) is 19.3 Å². The lowest BCUT2D eigenvalue weighted by molar-refractivity contribution is -0.138. The smallest absolute Gasteiger partial charge is 0.284 e. The Hall–Kier alpha value is -2.64. The molecule has 7 nitrogen and oxygen atoms in total. The molecule has 1 atom stereocenters. The fraction of sp³-hybridized carbons (Fsp3) is 0.333. The third-order valence-electron chi connectivity index (χ3n) is 5.10. The Morgan fingerprint density at radius 3 is 2.50 bits per heavy atom. The summed E-state index contributed by atoms with van der Waals surface area (Å²) in [4.78, 5) is 26.7. The van der Waals surface area contributed by atoms with Crippen molar-refractivity contribution in [2.24, 2.45) is 13.0 Å². The molecule has 0 spiro atoms. The molecule has 0 saturated heterocycles. The number of halogens is 3. The molecular formula is C21H19F3N4O3S3. The molecule has 13 heteroatoms. The first kappa shape index (κ1) is 24.5. The molecule has 0 amide bonds. The Kier molecular flexibility index (Phi) is 6.62. The van der Waals surface area contributed by atoms with Crippen molar-refractivity contribution in [2.75, 3.05) is 0 Å². The van der Waals surface area contributed by atoms with Crippen LogP contribution in [0.3, 0.4) is 0 Å². The molecule has 3 aromatic heterocycles. The van der Waals surface area contributed by atoms with E-state index in [1.54, 1.807) is 0 Å². The van der Waals surface area contributed by atoms with Gasteiger partial charge in [-0.15, -0.1) is 21.5 Å². The number of fused-ring (bicyclic) bond motifs is 1. The van der Waals surface area contributed by atoms with Crippen molar-refractivity contribution in [1.29, 1.82) is 0 Å². The van der Waals surface area contributed by atoms with Crippen LogP contribution in [0.25, 0.3) is 10.2 Å². The van der Waals surface area contributed by atoms with E-state index in [4.69, 9.17) is 0 Å². The monoisotopic (exact) mass is 528 g/mol. The third-order valence-corrected chi connectivity index (χ3v) is 8.89. The molecule has 0 N–H and O–H groups in total. The first-order valence-electron chi connectivity index (χ1n) is 10.1. The van der Waals surface area contributed by atoms with Gasteiger partial charge in [0.2, 0.25) is 4.34 Å². The minimum absolute atomic E-state index is 0.0216. The molecule has 0 bridgehead atoms. The quantitative estimate of drug-likeness (QED) is 0.377. The van der Waals surface area contributed by atoms with E-state index in [-0.39, 0.29) is 43.9 Å². The summed E-state index contributed by atoms with van der Waals surface area (Å²) in [6, 6.07) is 5.13. The summed E-state index contributed by atoms with van der Waals surface area (Å²) in [5.74, 6) is 0.0482. The van der Waals surface area contributed by atoms with E-state index in [9.17, 15) is 27.0 Å². The van der Waals surface area contributed by atoms with Gasteiger partial charge in [-0.25, -0.2) is 9.00 Å². The molecule has 0 aliphatic carbocycles. The number of benzene rings is 1. The maximum atomic E-state index is 13.6. The summed E-state index contributed by atoms with van der Waals surface area (Å²) >= 11 is 2.03. The number of aromatic nitrogens is 4. The summed E-state index contributed by atoms with van der Waals surface area (Å²) in [5, 5.41) is 7.59. The van der Waals surface area contributed by atoms with E-state index in [1.807, 2.05) is 13.8 Å². The molecular weight excluding hydrogens is 509 g/mol. The Morgan fingerprint density at radius 2 is 1.88 bits per heavy atom. The molecule has 0 aliphatic rings. The number of hydrogen-bond acceptors (Lipinski definition) is 7. The van der Waals surface area contributed by atoms with Gasteiger partial charge in [0.05, 0.1) is 15.8 Å². The van der Waals surface area contributed by atoms with Gasteiger partial charge in [0, 0.05) is 24.9 Å². The van der Waals surface area contributed by atoms with Gasteiger partial charge < -0.3 is 0 Å². The first-order chi connectivity index (χ1) is 16.0. The van der Waals surface area contributed by atoms with Gasteiger partial charge in [-0.2, -0.15) is 13.2 Å². The van der Waals surface area contributed by atoms with Gasteiger partial charge in [-0.05, 0) is 17.5 Å². The lowest BCUT2D eigenvalue weighted by Gasteiger charge is -2.12. The minimum atomic E-state index is -4.58. The zero-order valence-electron chi connectivity index (χ0n) is 18.3. The second-order valence-corrected chi connectivity index (χ2v) is 11.5. The van der Waals surface area contributed by atoms with Crippen LogP contribution in [-0.4, -0.2) is 23.5 Å². The van der Waals surface area contributed by atoms with Gasteiger partial charge >= 0.3 is 11.9 Å². The standard InChI is InChI=1S/C21H19F3N4O3S3/c1-11(2)9-28-18-15(17(29)27(3)20(28)30)16(34(31)19-26-25-10-32-19)14(33-18)8-12-6-4-5-7-13(12)21(22,23)24/h4-7,10-11H,8-9H2,1-3H3. The summed E-state index contributed by atoms with van der Waals surface area (Å²) in [5.41, 5.74) is -0.644. The maximum absolute atomic E-state index is 13.6. The normalized spacial score (nSPS) is 13.1. The molecule has 0 fully saturated rings. The van der Waals surface area contributed by atoms with E-state index in [0.717, 1.165) is 33.3 Å². The lowest BCUT2D eigenvalue weighted by atomic mass is 10.0. The topological polar surface area (TPSA) is 86.9 Å². The highest BCUT2D eigenvalue weighted by Crippen LogP contribution is 2.38. The molecule has 1 aromatic carbocycles. The number of nitrogens with zero attached hydrogens (tertiary/aromatic N) is 4.